The van der Waals surface area contributed by atoms with Crippen molar-refractivity contribution in [3.8, 4) is 17.2 Å². The van der Waals surface area contributed by atoms with Crippen LogP contribution in [0.1, 0.15) is 11.3 Å². The van der Waals surface area contributed by atoms with Gasteiger partial charge in [-0.15, -0.1) is 0 Å². The number of piperazine rings is 1. The van der Waals surface area contributed by atoms with Crippen LogP contribution in [0.2, 0.25) is 0 Å². The van der Waals surface area contributed by atoms with Gasteiger partial charge in [0.2, 0.25) is 5.91 Å². The Kier molecular flexibility index (Phi) is 6.10. The number of aromatic nitrogens is 3. The van der Waals surface area contributed by atoms with Crippen LogP contribution in [-0.4, -0.2) is 66.0 Å². The standard InChI is InChI=1S/C25H27N5O3S/c1-17-23-24(30(27-17)19-7-9-20(32-2)10-8-19)26-25(34-23)29-13-11-28(12-14-29)22(31)16-18-5-4-6-21(15-18)33-3/h4-10,15H,11-14,16H2,1-3H3. The molecule has 0 unspecified atom stereocenters. The van der Waals surface area contributed by atoms with Crippen LogP contribution in [0, 0.1) is 6.92 Å². The number of fused-ring (bicyclic) bond motifs is 1. The maximum Gasteiger partial charge on any atom is 0.227 e. The minimum atomic E-state index is 0.142. The van der Waals surface area contributed by atoms with Crippen molar-refractivity contribution < 1.29 is 14.3 Å². The highest BCUT2D eigenvalue weighted by Gasteiger charge is 2.25. The second kappa shape index (κ2) is 9.34. The number of benzene rings is 2. The van der Waals surface area contributed by atoms with Crippen LogP contribution in [0.3, 0.4) is 0 Å². The van der Waals surface area contributed by atoms with Crippen LogP contribution in [0.5, 0.6) is 11.5 Å². The third-order valence-corrected chi connectivity index (χ3v) is 7.30. The number of amides is 1. The van der Waals surface area contributed by atoms with Gasteiger partial charge in [-0.3, -0.25) is 4.79 Å². The van der Waals surface area contributed by atoms with E-state index in [1.54, 1.807) is 25.6 Å². The van der Waals surface area contributed by atoms with E-state index >= 15 is 0 Å². The fourth-order valence-electron chi connectivity index (χ4n) is 4.18. The molecule has 9 heteroatoms. The lowest BCUT2D eigenvalue weighted by molar-refractivity contribution is -0.130. The molecule has 4 aromatic rings. The SMILES string of the molecule is COc1ccc(-n2nc(C)c3sc(N4CCN(C(=O)Cc5cccc(OC)c5)CC4)nc32)cc1. The van der Waals surface area contributed by atoms with Crippen molar-refractivity contribution in [2.45, 2.75) is 13.3 Å². The van der Waals surface area contributed by atoms with Crippen LogP contribution < -0.4 is 14.4 Å². The zero-order chi connectivity index (χ0) is 23.7. The highest BCUT2D eigenvalue weighted by atomic mass is 32.1. The second-order valence-corrected chi connectivity index (χ2v) is 9.22. The Hall–Kier alpha value is -3.59. The van der Waals surface area contributed by atoms with Gasteiger partial charge in [0.25, 0.3) is 0 Å². The molecular formula is C25H27N5O3S. The molecule has 0 aliphatic carbocycles. The summed E-state index contributed by atoms with van der Waals surface area (Å²) in [6.07, 6.45) is 0.384. The van der Waals surface area contributed by atoms with E-state index < -0.39 is 0 Å². The Bertz CT molecular complexity index is 1310. The summed E-state index contributed by atoms with van der Waals surface area (Å²) in [6.45, 7) is 4.90. The first-order valence-corrected chi connectivity index (χ1v) is 12.0. The quantitative estimate of drug-likeness (QED) is 0.422. The lowest BCUT2D eigenvalue weighted by Gasteiger charge is -2.34. The van der Waals surface area contributed by atoms with Crippen LogP contribution in [-0.2, 0) is 11.2 Å². The van der Waals surface area contributed by atoms with Gasteiger partial charge in [0.1, 0.15) is 11.5 Å². The lowest BCUT2D eigenvalue weighted by atomic mass is 10.1. The minimum absolute atomic E-state index is 0.142. The zero-order valence-corrected chi connectivity index (χ0v) is 20.3. The number of thiazole rings is 1. The van der Waals surface area contributed by atoms with Crippen molar-refractivity contribution in [1.82, 2.24) is 19.7 Å². The van der Waals surface area contributed by atoms with Crippen LogP contribution in [0.25, 0.3) is 16.0 Å². The molecule has 0 radical (unpaired) electrons. The molecule has 34 heavy (non-hydrogen) atoms. The average molecular weight is 478 g/mol. The number of methoxy groups -OCH3 is 2. The predicted octanol–water partition coefficient (Wildman–Crippen LogP) is 3.70. The molecule has 0 N–H and O–H groups in total. The van der Waals surface area contributed by atoms with E-state index in [0.717, 1.165) is 57.0 Å². The van der Waals surface area contributed by atoms with E-state index in [4.69, 9.17) is 19.6 Å². The molecule has 1 aliphatic heterocycles. The highest BCUT2D eigenvalue weighted by molar-refractivity contribution is 7.22. The largest absolute Gasteiger partial charge is 0.497 e. The number of nitrogens with zero attached hydrogens (tertiary/aromatic N) is 5. The van der Waals surface area contributed by atoms with E-state index in [9.17, 15) is 4.79 Å². The predicted molar refractivity (Wildman–Crippen MR) is 134 cm³/mol. The fourth-order valence-corrected chi connectivity index (χ4v) is 5.22. The molecule has 1 aliphatic rings. The molecule has 5 rings (SSSR count). The maximum absolute atomic E-state index is 12.8. The summed E-state index contributed by atoms with van der Waals surface area (Å²) in [6, 6.07) is 15.5. The topological polar surface area (TPSA) is 72.7 Å². The number of carbonyl (C=O) groups excluding carboxylic acids is 1. The molecule has 1 saturated heterocycles. The van der Waals surface area contributed by atoms with Gasteiger partial charge in [0, 0.05) is 26.2 Å². The first-order valence-electron chi connectivity index (χ1n) is 11.2. The maximum atomic E-state index is 12.8. The zero-order valence-electron chi connectivity index (χ0n) is 19.5. The molecule has 1 amide bonds. The molecule has 1 fully saturated rings. The lowest BCUT2D eigenvalue weighted by Crippen LogP contribution is -2.49. The van der Waals surface area contributed by atoms with Crippen LogP contribution >= 0.6 is 11.3 Å². The summed E-state index contributed by atoms with van der Waals surface area (Å²) in [4.78, 5) is 22.0. The highest BCUT2D eigenvalue weighted by Crippen LogP contribution is 2.33. The van der Waals surface area contributed by atoms with Crippen molar-refractivity contribution in [2.24, 2.45) is 0 Å². The number of ether oxygens (including phenoxy) is 2. The molecule has 0 atom stereocenters. The van der Waals surface area contributed by atoms with E-state index in [1.807, 2.05) is 65.0 Å². The van der Waals surface area contributed by atoms with Crippen molar-refractivity contribution in [3.05, 3.63) is 59.8 Å². The first kappa shape index (κ1) is 22.2. The van der Waals surface area contributed by atoms with Gasteiger partial charge in [-0.05, 0) is 48.9 Å². The van der Waals surface area contributed by atoms with Gasteiger partial charge >= 0.3 is 0 Å². The molecule has 2 aromatic carbocycles. The number of hydrogen-bond acceptors (Lipinski definition) is 7. The Morgan fingerprint density at radius 1 is 1.00 bits per heavy atom. The Balaban J connectivity index is 1.27. The summed E-state index contributed by atoms with van der Waals surface area (Å²) >= 11 is 1.66. The average Bonchev–Trinajstić information content (AvgIpc) is 3.45. The van der Waals surface area contributed by atoms with Crippen molar-refractivity contribution in [1.29, 1.82) is 0 Å². The number of hydrogen-bond donors (Lipinski definition) is 0. The summed E-state index contributed by atoms with van der Waals surface area (Å²) in [5, 5.41) is 5.66. The number of carbonyl (C=O) groups is 1. The van der Waals surface area contributed by atoms with E-state index in [1.165, 1.54) is 0 Å². The van der Waals surface area contributed by atoms with Gasteiger partial charge in [0.05, 0.1) is 36.7 Å². The van der Waals surface area contributed by atoms with Crippen molar-refractivity contribution in [3.63, 3.8) is 0 Å². The fraction of sp³-hybridized carbons (Fsp3) is 0.320. The molecule has 8 nitrogen and oxygen atoms in total. The number of aryl methyl sites for hydroxylation is 1. The van der Waals surface area contributed by atoms with Crippen molar-refractivity contribution in [2.75, 3.05) is 45.3 Å². The van der Waals surface area contributed by atoms with Gasteiger partial charge < -0.3 is 19.3 Å². The Morgan fingerprint density at radius 3 is 2.44 bits per heavy atom. The molecular weight excluding hydrogens is 450 g/mol. The Morgan fingerprint density at radius 2 is 1.74 bits per heavy atom. The summed E-state index contributed by atoms with van der Waals surface area (Å²) < 4.78 is 13.5. The summed E-state index contributed by atoms with van der Waals surface area (Å²) in [5.41, 5.74) is 3.74. The third-order valence-electron chi connectivity index (χ3n) is 6.09. The van der Waals surface area contributed by atoms with Crippen LogP contribution in [0.4, 0.5) is 5.13 Å². The second-order valence-electron chi connectivity index (χ2n) is 8.24. The number of anilines is 1. The van der Waals surface area contributed by atoms with E-state index in [0.29, 0.717) is 19.5 Å². The number of rotatable bonds is 6. The summed E-state index contributed by atoms with van der Waals surface area (Å²) in [7, 11) is 3.29. The molecule has 2 aromatic heterocycles. The molecule has 0 bridgehead atoms. The third kappa shape index (κ3) is 4.31. The molecule has 3 heterocycles. The van der Waals surface area contributed by atoms with E-state index in [-0.39, 0.29) is 5.91 Å². The van der Waals surface area contributed by atoms with E-state index in [2.05, 4.69) is 4.90 Å². The smallest absolute Gasteiger partial charge is 0.227 e. The van der Waals surface area contributed by atoms with Crippen molar-refractivity contribution >= 4 is 32.7 Å². The first-order chi connectivity index (χ1) is 16.6. The summed E-state index contributed by atoms with van der Waals surface area (Å²) in [5.74, 6) is 1.72. The Labute approximate surface area is 202 Å². The normalized spacial score (nSPS) is 14.0. The minimum Gasteiger partial charge on any atom is -0.497 e. The van der Waals surface area contributed by atoms with Gasteiger partial charge in [-0.2, -0.15) is 10.1 Å². The molecule has 176 valence electrons. The monoisotopic (exact) mass is 477 g/mol. The van der Waals surface area contributed by atoms with Crippen LogP contribution in [0.15, 0.2) is 48.5 Å². The van der Waals surface area contributed by atoms with Gasteiger partial charge in [0.15, 0.2) is 10.8 Å². The van der Waals surface area contributed by atoms with Gasteiger partial charge in [-0.1, -0.05) is 23.5 Å². The molecule has 0 saturated carbocycles. The van der Waals surface area contributed by atoms with Gasteiger partial charge in [-0.25, -0.2) is 4.68 Å². The molecule has 0 spiro atoms.